The molecule has 178 valence electrons. The highest BCUT2D eigenvalue weighted by Gasteiger charge is 2.31. The lowest BCUT2D eigenvalue weighted by atomic mass is 10.2. The monoisotopic (exact) mass is 482 g/mol. The Kier molecular flexibility index (Phi) is 5.31. The number of alkyl carbamates (subject to hydrolysis) is 1. The van der Waals surface area contributed by atoms with E-state index >= 15 is 0 Å². The second kappa shape index (κ2) is 8.08. The molecule has 3 aromatic heterocycles. The Morgan fingerprint density at radius 2 is 1.91 bits per heavy atom. The first kappa shape index (κ1) is 22.3. The van der Waals surface area contributed by atoms with Crippen LogP contribution in [-0.4, -0.2) is 50.1 Å². The number of nitrogens with one attached hydrogen (secondary N) is 1. The first-order chi connectivity index (χ1) is 16.1. The zero-order valence-corrected chi connectivity index (χ0v) is 20.0. The number of pyridine rings is 1. The predicted octanol–water partition coefficient (Wildman–Crippen LogP) is 3.64. The number of aromatic nitrogens is 5. The fourth-order valence-electron chi connectivity index (χ4n) is 4.43. The molecule has 4 aromatic rings. The number of hydrogen-bond acceptors (Lipinski definition) is 7. The van der Waals surface area contributed by atoms with Crippen molar-refractivity contribution in [1.29, 1.82) is 0 Å². The lowest BCUT2D eigenvalue weighted by Gasteiger charge is -2.21. The minimum absolute atomic E-state index is 0.00428. The normalized spacial score (nSPS) is 19.0. The summed E-state index contributed by atoms with van der Waals surface area (Å²) < 4.78 is 34.8. The minimum Gasteiger partial charge on any atom is -0.444 e. The molecule has 1 aromatic carbocycles. The van der Waals surface area contributed by atoms with E-state index in [2.05, 4.69) is 20.6 Å². The van der Waals surface area contributed by atoms with Crippen molar-refractivity contribution in [3.05, 3.63) is 48.8 Å². The maximum Gasteiger partial charge on any atom is 0.407 e. The predicted molar refractivity (Wildman–Crippen MR) is 126 cm³/mol. The number of benzene rings is 1. The highest BCUT2D eigenvalue weighted by molar-refractivity contribution is 7.90. The largest absolute Gasteiger partial charge is 0.444 e. The van der Waals surface area contributed by atoms with E-state index in [0.717, 1.165) is 18.4 Å². The minimum atomic E-state index is -3.80. The van der Waals surface area contributed by atoms with Crippen LogP contribution in [0.3, 0.4) is 0 Å². The maximum absolute atomic E-state index is 13.2. The summed E-state index contributed by atoms with van der Waals surface area (Å²) in [5.41, 5.74) is 1.08. The smallest absolute Gasteiger partial charge is 0.407 e. The summed E-state index contributed by atoms with van der Waals surface area (Å²) >= 11 is 0. The summed E-state index contributed by atoms with van der Waals surface area (Å²) in [7, 11) is -3.80. The van der Waals surface area contributed by atoms with Crippen LogP contribution in [0.15, 0.2) is 53.7 Å². The van der Waals surface area contributed by atoms with E-state index in [0.29, 0.717) is 23.0 Å². The number of fused-ring (bicyclic) bond motifs is 3. The van der Waals surface area contributed by atoms with Gasteiger partial charge in [0.15, 0.2) is 5.65 Å². The van der Waals surface area contributed by atoms with Gasteiger partial charge in [0.05, 0.1) is 17.1 Å². The van der Waals surface area contributed by atoms with E-state index in [1.807, 2.05) is 25.5 Å². The number of ether oxygens (including phenoxy) is 1. The van der Waals surface area contributed by atoms with Gasteiger partial charge in [-0.25, -0.2) is 26.9 Å². The summed E-state index contributed by atoms with van der Waals surface area (Å²) in [6.07, 6.45) is 4.87. The van der Waals surface area contributed by atoms with Crippen molar-refractivity contribution in [2.75, 3.05) is 0 Å². The lowest BCUT2D eigenvalue weighted by molar-refractivity contribution is 0.0504. The summed E-state index contributed by atoms with van der Waals surface area (Å²) in [5.74, 6) is 0. The van der Waals surface area contributed by atoms with Gasteiger partial charge in [0.25, 0.3) is 10.0 Å². The molecule has 3 heterocycles. The molecule has 1 aliphatic rings. The fourth-order valence-corrected chi connectivity index (χ4v) is 5.76. The van der Waals surface area contributed by atoms with Crippen LogP contribution in [0.25, 0.3) is 22.1 Å². The molecule has 0 saturated heterocycles. The molecule has 34 heavy (non-hydrogen) atoms. The number of hydrogen-bond donors (Lipinski definition) is 1. The number of nitrogens with zero attached hydrogens (tertiary/aromatic N) is 5. The van der Waals surface area contributed by atoms with Crippen LogP contribution in [0.2, 0.25) is 0 Å². The van der Waals surface area contributed by atoms with Crippen LogP contribution in [0.4, 0.5) is 4.79 Å². The molecular formula is C23H26N6O4S. The standard InChI is InChI=1S/C23H26N6O4S/c1-23(2,3)33-22(30)25-15-9-10-16(13-15)29-20-18-11-12-28(21(18)24-14-19(20)26-27-29)34(31,32)17-7-5-4-6-8-17/h4-8,11-12,14-16H,9-10,13H2,1-3H3,(H,25,30)/t15-,16-/m1/s1. The Bertz CT molecular complexity index is 1470. The van der Waals surface area contributed by atoms with E-state index in [-0.39, 0.29) is 17.0 Å². The molecule has 0 radical (unpaired) electrons. The molecule has 1 saturated carbocycles. The van der Waals surface area contributed by atoms with E-state index < -0.39 is 21.7 Å². The van der Waals surface area contributed by atoms with Gasteiger partial charge in [-0.3, -0.25) is 0 Å². The first-order valence-corrected chi connectivity index (χ1v) is 12.6. The van der Waals surface area contributed by atoms with Crippen molar-refractivity contribution in [2.45, 2.75) is 62.6 Å². The molecule has 0 unspecified atom stereocenters. The van der Waals surface area contributed by atoms with Gasteiger partial charge >= 0.3 is 6.09 Å². The summed E-state index contributed by atoms with van der Waals surface area (Å²) in [5, 5.41) is 12.2. The van der Waals surface area contributed by atoms with Gasteiger partial charge in [0, 0.05) is 17.6 Å². The molecule has 5 rings (SSSR count). The van der Waals surface area contributed by atoms with Gasteiger partial charge < -0.3 is 10.1 Å². The van der Waals surface area contributed by atoms with Crippen LogP contribution in [0.1, 0.15) is 46.1 Å². The Hall–Kier alpha value is -3.47. The Labute approximate surface area is 197 Å². The SMILES string of the molecule is CC(C)(C)OC(=O)N[C@@H]1CC[C@@H](n2nnc3cnc4c(ccn4S(=O)(=O)c4ccccc4)c32)C1. The van der Waals surface area contributed by atoms with Crippen LogP contribution in [0, 0.1) is 0 Å². The molecule has 0 spiro atoms. The molecule has 2 atom stereocenters. The molecule has 1 N–H and O–H groups in total. The summed E-state index contributed by atoms with van der Waals surface area (Å²) in [6.45, 7) is 5.49. The van der Waals surface area contributed by atoms with Gasteiger partial charge in [-0.2, -0.15) is 0 Å². The maximum atomic E-state index is 13.2. The van der Waals surface area contributed by atoms with Crippen LogP contribution >= 0.6 is 0 Å². The van der Waals surface area contributed by atoms with Crippen LogP contribution < -0.4 is 5.32 Å². The molecule has 1 fully saturated rings. The first-order valence-electron chi connectivity index (χ1n) is 11.1. The molecule has 1 amide bonds. The van der Waals surface area contributed by atoms with Crippen LogP contribution in [-0.2, 0) is 14.8 Å². The van der Waals surface area contributed by atoms with E-state index in [1.54, 1.807) is 42.6 Å². The highest BCUT2D eigenvalue weighted by atomic mass is 32.2. The summed E-state index contributed by atoms with van der Waals surface area (Å²) in [4.78, 5) is 16.7. The molecule has 10 nitrogen and oxygen atoms in total. The third-order valence-electron chi connectivity index (χ3n) is 5.88. The van der Waals surface area contributed by atoms with Crippen molar-refractivity contribution in [3.63, 3.8) is 0 Å². The fraction of sp³-hybridized carbons (Fsp3) is 0.391. The topological polar surface area (TPSA) is 121 Å². The van der Waals surface area contributed by atoms with E-state index in [4.69, 9.17) is 4.74 Å². The molecule has 11 heteroatoms. The van der Waals surface area contributed by atoms with Gasteiger partial charge in [-0.15, -0.1) is 5.10 Å². The van der Waals surface area contributed by atoms with Gasteiger partial charge in [0.1, 0.15) is 16.6 Å². The molecular weight excluding hydrogens is 456 g/mol. The zero-order chi connectivity index (χ0) is 24.1. The third kappa shape index (κ3) is 4.00. The van der Waals surface area contributed by atoms with E-state index in [9.17, 15) is 13.2 Å². The Balaban J connectivity index is 1.47. The second-order valence-electron chi connectivity index (χ2n) is 9.50. The van der Waals surface area contributed by atoms with Crippen molar-refractivity contribution in [2.24, 2.45) is 0 Å². The molecule has 0 bridgehead atoms. The number of carbonyl (C=O) groups excluding carboxylic acids is 1. The Morgan fingerprint density at radius 1 is 1.15 bits per heavy atom. The third-order valence-corrected chi connectivity index (χ3v) is 7.56. The summed E-state index contributed by atoms with van der Waals surface area (Å²) in [6, 6.07) is 9.95. The van der Waals surface area contributed by atoms with Gasteiger partial charge in [0.2, 0.25) is 0 Å². The van der Waals surface area contributed by atoms with E-state index in [1.165, 1.54) is 10.2 Å². The van der Waals surface area contributed by atoms with Crippen LogP contribution in [0.5, 0.6) is 0 Å². The molecule has 1 aliphatic carbocycles. The van der Waals surface area contributed by atoms with Crippen molar-refractivity contribution >= 4 is 38.2 Å². The Morgan fingerprint density at radius 3 is 2.65 bits per heavy atom. The lowest BCUT2D eigenvalue weighted by Crippen LogP contribution is -2.38. The quantitative estimate of drug-likeness (QED) is 0.471. The van der Waals surface area contributed by atoms with Crippen molar-refractivity contribution in [3.8, 4) is 0 Å². The number of carbonyl (C=O) groups is 1. The van der Waals surface area contributed by atoms with Gasteiger partial charge in [-0.1, -0.05) is 23.4 Å². The number of amides is 1. The average molecular weight is 483 g/mol. The zero-order valence-electron chi connectivity index (χ0n) is 19.2. The van der Waals surface area contributed by atoms with Crippen molar-refractivity contribution < 1.29 is 17.9 Å². The van der Waals surface area contributed by atoms with Crippen molar-refractivity contribution in [1.82, 2.24) is 29.3 Å². The highest BCUT2D eigenvalue weighted by Crippen LogP contribution is 2.34. The molecule has 0 aliphatic heterocycles. The number of rotatable bonds is 4. The average Bonchev–Trinajstić information content (AvgIpc) is 3.50. The second-order valence-corrected chi connectivity index (χ2v) is 11.3. The van der Waals surface area contributed by atoms with Gasteiger partial charge in [-0.05, 0) is 58.2 Å².